The number of pyridine rings is 1. The number of nitrogens with zero attached hydrogens (tertiary/aromatic N) is 5. The number of ether oxygens (including phenoxy) is 1. The Morgan fingerprint density at radius 3 is 2.85 bits per heavy atom. The van der Waals surface area contributed by atoms with Gasteiger partial charge in [0.2, 0.25) is 0 Å². The summed E-state index contributed by atoms with van der Waals surface area (Å²) in [5, 5.41) is 20.3. The van der Waals surface area contributed by atoms with Gasteiger partial charge in [-0.2, -0.15) is 9.61 Å². The van der Waals surface area contributed by atoms with Crippen LogP contribution in [0.2, 0.25) is 0 Å². The molecule has 0 aliphatic heterocycles. The molecule has 0 radical (unpaired) electrons. The summed E-state index contributed by atoms with van der Waals surface area (Å²) in [6.45, 7) is 0.554. The highest BCUT2D eigenvalue weighted by Gasteiger charge is 2.33. The molecule has 1 amide bonds. The van der Waals surface area contributed by atoms with Crippen molar-refractivity contribution in [1.29, 1.82) is 0 Å². The van der Waals surface area contributed by atoms with Crippen LogP contribution in [0.5, 0.6) is 0 Å². The Bertz CT molecular complexity index is 1360. The number of methoxy groups -OCH3 is 1. The zero-order valence-electron chi connectivity index (χ0n) is 19.0. The highest BCUT2D eigenvalue weighted by molar-refractivity contribution is 6.01. The summed E-state index contributed by atoms with van der Waals surface area (Å²) in [5.41, 5.74) is 2.54. The van der Waals surface area contributed by atoms with E-state index in [-0.39, 0.29) is 24.7 Å². The minimum Gasteiger partial charge on any atom is -0.396 e. The number of aliphatic hydroxyl groups is 1. The largest absolute Gasteiger partial charge is 0.396 e. The van der Waals surface area contributed by atoms with Gasteiger partial charge in [-0.15, -0.1) is 0 Å². The molecule has 1 aliphatic rings. The number of halogens is 1. The number of nitrogens with one attached hydrogen (secondary N) is 2. The van der Waals surface area contributed by atoms with Crippen LogP contribution in [-0.4, -0.2) is 68.1 Å². The highest BCUT2D eigenvalue weighted by atomic mass is 19.1. The molecular formula is C23H26FN7O3. The minimum atomic E-state index is -0.457. The Morgan fingerprint density at radius 2 is 2.15 bits per heavy atom. The number of hydrogen-bond donors (Lipinski definition) is 3. The van der Waals surface area contributed by atoms with Crippen LogP contribution in [-0.2, 0) is 11.3 Å². The van der Waals surface area contributed by atoms with Crippen LogP contribution in [0.3, 0.4) is 0 Å². The number of anilines is 1. The average Bonchev–Trinajstić information content (AvgIpc) is 3.41. The monoisotopic (exact) mass is 467 g/mol. The molecule has 1 fully saturated rings. The van der Waals surface area contributed by atoms with Gasteiger partial charge in [0, 0.05) is 50.5 Å². The van der Waals surface area contributed by atoms with Gasteiger partial charge in [0.15, 0.2) is 5.65 Å². The first-order valence-corrected chi connectivity index (χ1v) is 11.2. The average molecular weight is 468 g/mol. The van der Waals surface area contributed by atoms with Crippen LogP contribution in [0.25, 0.3) is 27.9 Å². The van der Waals surface area contributed by atoms with Crippen molar-refractivity contribution in [3.63, 3.8) is 0 Å². The summed E-state index contributed by atoms with van der Waals surface area (Å²) < 4.78 is 22.9. The molecule has 5 rings (SSSR count). The van der Waals surface area contributed by atoms with E-state index in [0.717, 1.165) is 12.8 Å². The smallest absolute Gasteiger partial charge is 0.257 e. The van der Waals surface area contributed by atoms with E-state index in [4.69, 9.17) is 9.72 Å². The van der Waals surface area contributed by atoms with E-state index in [0.29, 0.717) is 52.3 Å². The van der Waals surface area contributed by atoms with Crippen molar-refractivity contribution in [3.8, 4) is 11.3 Å². The second-order valence-electron chi connectivity index (χ2n) is 8.34. The van der Waals surface area contributed by atoms with Gasteiger partial charge < -0.3 is 25.0 Å². The first kappa shape index (κ1) is 22.2. The molecule has 11 heteroatoms. The minimum absolute atomic E-state index is 0.00891. The molecule has 0 bridgehead atoms. The fraction of sp³-hybridized carbons (Fsp3) is 0.391. The van der Waals surface area contributed by atoms with Crippen molar-refractivity contribution in [2.24, 2.45) is 0 Å². The molecule has 10 nitrogen and oxygen atoms in total. The van der Waals surface area contributed by atoms with Crippen LogP contribution < -0.4 is 10.6 Å². The maximum Gasteiger partial charge on any atom is 0.257 e. The van der Waals surface area contributed by atoms with Crippen molar-refractivity contribution in [2.75, 3.05) is 26.1 Å². The molecule has 178 valence electrons. The standard InChI is InChI=1S/C23H26FN7O3/c1-25-20-9-18(16-12-30(6-3-7-32)21-14(16)8-13(24)10-26-21)28-22-15(11-27-31(20)22)23(33)29-17-4-5-19(17)34-2/h8-12,17,19,25,32H,3-7H2,1-2H3,(H,29,33)/t17-,19-/m1/s1. The van der Waals surface area contributed by atoms with Crippen LogP contribution in [0.15, 0.2) is 30.7 Å². The lowest BCUT2D eigenvalue weighted by atomic mass is 9.89. The third kappa shape index (κ3) is 3.76. The van der Waals surface area contributed by atoms with Crippen molar-refractivity contribution < 1.29 is 19.0 Å². The van der Waals surface area contributed by atoms with E-state index >= 15 is 0 Å². The Kier molecular flexibility index (Phi) is 5.88. The Labute approximate surface area is 194 Å². The van der Waals surface area contributed by atoms with Gasteiger partial charge in [-0.25, -0.2) is 14.4 Å². The van der Waals surface area contributed by atoms with Crippen LogP contribution in [0.1, 0.15) is 29.6 Å². The maximum absolute atomic E-state index is 14.1. The molecule has 0 spiro atoms. The molecule has 0 aromatic carbocycles. The van der Waals surface area contributed by atoms with Gasteiger partial charge in [-0.1, -0.05) is 0 Å². The second-order valence-corrected chi connectivity index (χ2v) is 8.34. The van der Waals surface area contributed by atoms with Crippen LogP contribution in [0, 0.1) is 5.82 Å². The van der Waals surface area contributed by atoms with Gasteiger partial charge in [-0.05, 0) is 25.3 Å². The summed E-state index contributed by atoms with van der Waals surface area (Å²) in [6, 6.07) is 3.17. The van der Waals surface area contributed by atoms with E-state index in [1.54, 1.807) is 24.7 Å². The number of aryl methyl sites for hydroxylation is 1. The molecule has 34 heavy (non-hydrogen) atoms. The molecular weight excluding hydrogens is 441 g/mol. The third-order valence-corrected chi connectivity index (χ3v) is 6.32. The van der Waals surface area contributed by atoms with Crippen LogP contribution >= 0.6 is 0 Å². The topological polar surface area (TPSA) is 119 Å². The van der Waals surface area contributed by atoms with Gasteiger partial charge in [-0.3, -0.25) is 4.79 Å². The fourth-order valence-corrected chi connectivity index (χ4v) is 4.36. The normalized spacial score (nSPS) is 17.8. The molecule has 3 N–H and O–H groups in total. The lowest BCUT2D eigenvalue weighted by molar-refractivity contribution is 0.00732. The number of fused-ring (bicyclic) bond motifs is 2. The number of carbonyl (C=O) groups excluding carboxylic acids is 1. The Balaban J connectivity index is 1.61. The van der Waals surface area contributed by atoms with Crippen molar-refractivity contribution in [3.05, 3.63) is 42.1 Å². The molecule has 0 unspecified atom stereocenters. The second kappa shape index (κ2) is 8.99. The first-order chi connectivity index (χ1) is 16.5. The number of aromatic nitrogens is 5. The molecule has 0 saturated heterocycles. The van der Waals surface area contributed by atoms with E-state index in [1.165, 1.54) is 18.5 Å². The lowest BCUT2D eigenvalue weighted by Gasteiger charge is -2.35. The van der Waals surface area contributed by atoms with Gasteiger partial charge >= 0.3 is 0 Å². The maximum atomic E-state index is 14.1. The quantitative estimate of drug-likeness (QED) is 0.364. The zero-order valence-corrected chi connectivity index (χ0v) is 19.0. The number of amides is 1. The predicted molar refractivity (Wildman–Crippen MR) is 124 cm³/mol. The summed E-state index contributed by atoms with van der Waals surface area (Å²) >= 11 is 0. The van der Waals surface area contributed by atoms with Gasteiger partial charge in [0.25, 0.3) is 5.91 Å². The summed E-state index contributed by atoms with van der Waals surface area (Å²) in [5.74, 6) is -0.106. The van der Waals surface area contributed by atoms with E-state index < -0.39 is 5.82 Å². The highest BCUT2D eigenvalue weighted by Crippen LogP contribution is 2.32. The lowest BCUT2D eigenvalue weighted by Crippen LogP contribution is -2.51. The molecule has 1 aliphatic carbocycles. The zero-order chi connectivity index (χ0) is 23.8. The number of rotatable bonds is 8. The Morgan fingerprint density at radius 1 is 1.29 bits per heavy atom. The molecule has 4 aromatic rings. The molecule has 2 atom stereocenters. The molecule has 1 saturated carbocycles. The predicted octanol–water partition coefficient (Wildman–Crippen LogP) is 2.22. The van der Waals surface area contributed by atoms with Gasteiger partial charge in [0.05, 0.1) is 30.2 Å². The number of carbonyl (C=O) groups is 1. The number of hydrogen-bond acceptors (Lipinski definition) is 7. The summed E-state index contributed by atoms with van der Waals surface area (Å²) in [7, 11) is 3.39. The first-order valence-electron chi connectivity index (χ1n) is 11.2. The fourth-order valence-electron chi connectivity index (χ4n) is 4.36. The third-order valence-electron chi connectivity index (χ3n) is 6.32. The van der Waals surface area contributed by atoms with E-state index in [1.807, 2.05) is 10.8 Å². The SMILES string of the molecule is CNc1cc(-c2cn(CCCO)c3ncc(F)cc23)nc2c(C(=O)N[C@@H]3CC[C@H]3OC)cnn12. The van der Waals surface area contributed by atoms with Crippen LogP contribution in [0.4, 0.5) is 10.2 Å². The van der Waals surface area contributed by atoms with Crippen molar-refractivity contribution in [2.45, 2.75) is 38.0 Å². The van der Waals surface area contributed by atoms with E-state index in [2.05, 4.69) is 20.7 Å². The summed E-state index contributed by atoms with van der Waals surface area (Å²) in [6.07, 6.45) is 6.82. The number of aliphatic hydroxyl groups excluding tert-OH is 1. The van der Waals surface area contributed by atoms with Gasteiger partial charge in [0.1, 0.15) is 22.8 Å². The van der Waals surface area contributed by atoms with Crippen molar-refractivity contribution >= 4 is 28.4 Å². The van der Waals surface area contributed by atoms with Crippen molar-refractivity contribution in [1.82, 2.24) is 29.5 Å². The molecule has 4 heterocycles. The Hall–Kier alpha value is -3.57. The van der Waals surface area contributed by atoms with E-state index in [9.17, 15) is 14.3 Å². The molecule has 4 aromatic heterocycles. The summed E-state index contributed by atoms with van der Waals surface area (Å²) in [4.78, 5) is 22.1.